The van der Waals surface area contributed by atoms with Crippen LogP contribution in [0.2, 0.25) is 0 Å². The van der Waals surface area contributed by atoms with Crippen LogP contribution in [0.15, 0.2) is 24.8 Å². The van der Waals surface area contributed by atoms with Gasteiger partial charge < -0.3 is 0 Å². The van der Waals surface area contributed by atoms with Crippen molar-refractivity contribution in [3.8, 4) is 0 Å². The zero-order chi connectivity index (χ0) is 6.97. The fraction of sp³-hybridized carbons (Fsp3) is 0. The summed E-state index contributed by atoms with van der Waals surface area (Å²) in [5.41, 5.74) is 0.576. The monoisotopic (exact) mass is 137 g/mol. The molecular weight excluding hydrogens is 133 g/mol. The van der Waals surface area contributed by atoms with Crippen LogP contribution < -0.4 is 0 Å². The Morgan fingerprint density at radius 2 is 2.30 bits per heavy atom. The number of aromatic nitrogens is 3. The van der Waals surface area contributed by atoms with Gasteiger partial charge in [-0.15, -0.1) is 0 Å². The lowest BCUT2D eigenvalue weighted by molar-refractivity contribution is 0.569. The first-order valence-electron chi connectivity index (χ1n) is 2.80. The maximum atomic E-state index is 12.6. The second-order valence-corrected chi connectivity index (χ2v) is 1.89. The third-order valence-corrected chi connectivity index (χ3v) is 1.29. The second-order valence-electron chi connectivity index (χ2n) is 1.89. The van der Waals surface area contributed by atoms with E-state index < -0.39 is 0 Å². The van der Waals surface area contributed by atoms with Gasteiger partial charge in [-0.1, -0.05) is 0 Å². The van der Waals surface area contributed by atoms with Gasteiger partial charge in [0.2, 0.25) is 5.95 Å². The molecule has 50 valence electrons. The first-order chi connectivity index (χ1) is 4.88. The molecule has 0 saturated heterocycles. The Morgan fingerprint density at radius 3 is 3.10 bits per heavy atom. The molecule has 0 fully saturated rings. The number of hydrogen-bond acceptors (Lipinski definition) is 2. The highest BCUT2D eigenvalue weighted by Gasteiger charge is 1.97. The van der Waals surface area contributed by atoms with Crippen LogP contribution in [0.3, 0.4) is 0 Å². The van der Waals surface area contributed by atoms with E-state index >= 15 is 0 Å². The fourth-order valence-corrected chi connectivity index (χ4v) is 0.822. The van der Waals surface area contributed by atoms with Crippen LogP contribution in [0, 0.1) is 5.95 Å². The molecule has 2 aromatic rings. The van der Waals surface area contributed by atoms with E-state index in [0.29, 0.717) is 5.65 Å². The van der Waals surface area contributed by atoms with Crippen LogP contribution >= 0.6 is 0 Å². The minimum absolute atomic E-state index is 0.337. The molecule has 0 aliphatic carbocycles. The van der Waals surface area contributed by atoms with Gasteiger partial charge in [0.15, 0.2) is 0 Å². The van der Waals surface area contributed by atoms with Crippen LogP contribution in [-0.4, -0.2) is 14.4 Å². The van der Waals surface area contributed by atoms with Gasteiger partial charge in [-0.2, -0.15) is 4.39 Å². The van der Waals surface area contributed by atoms with E-state index in [0.717, 1.165) is 0 Å². The van der Waals surface area contributed by atoms with E-state index in [1.54, 1.807) is 6.07 Å². The Balaban J connectivity index is 2.93. The molecule has 0 aliphatic heterocycles. The molecule has 10 heavy (non-hydrogen) atoms. The molecule has 0 N–H and O–H groups in total. The molecule has 0 aliphatic rings. The number of fused-ring (bicyclic) bond motifs is 1. The molecular formula is C6H4FN3. The fourth-order valence-electron chi connectivity index (χ4n) is 0.822. The summed E-state index contributed by atoms with van der Waals surface area (Å²) in [5.74, 6) is -0.337. The van der Waals surface area contributed by atoms with Gasteiger partial charge in [0, 0.05) is 0 Å². The molecule has 2 rings (SSSR count). The first-order valence-corrected chi connectivity index (χ1v) is 2.80. The van der Waals surface area contributed by atoms with Gasteiger partial charge in [-0.05, 0) is 12.1 Å². The Hall–Kier alpha value is -1.45. The average molecular weight is 137 g/mol. The Bertz CT molecular complexity index is 355. The zero-order valence-corrected chi connectivity index (χ0v) is 5.03. The van der Waals surface area contributed by atoms with E-state index in [1.807, 2.05) is 0 Å². The predicted octanol–water partition coefficient (Wildman–Crippen LogP) is 0.868. The Kier molecular flexibility index (Phi) is 0.943. The summed E-state index contributed by atoms with van der Waals surface area (Å²) >= 11 is 0. The van der Waals surface area contributed by atoms with Crippen molar-refractivity contribution in [3.05, 3.63) is 30.7 Å². The van der Waals surface area contributed by atoms with Crippen molar-refractivity contribution in [2.24, 2.45) is 0 Å². The summed E-state index contributed by atoms with van der Waals surface area (Å²) in [6.07, 6.45) is 2.77. The molecule has 0 unspecified atom stereocenters. The van der Waals surface area contributed by atoms with E-state index in [9.17, 15) is 4.39 Å². The molecule has 0 saturated carbocycles. The largest absolute Gasteiger partial charge is 0.260 e. The maximum absolute atomic E-state index is 12.6. The Morgan fingerprint density at radius 1 is 1.40 bits per heavy atom. The lowest BCUT2D eigenvalue weighted by Crippen LogP contribution is -1.90. The number of halogens is 1. The van der Waals surface area contributed by atoms with Crippen LogP contribution in [0.25, 0.3) is 5.65 Å². The van der Waals surface area contributed by atoms with Crippen molar-refractivity contribution in [1.82, 2.24) is 14.4 Å². The van der Waals surface area contributed by atoms with E-state index in [1.165, 1.54) is 23.1 Å². The van der Waals surface area contributed by atoms with Crippen LogP contribution in [0.1, 0.15) is 0 Å². The van der Waals surface area contributed by atoms with Gasteiger partial charge in [0.1, 0.15) is 18.3 Å². The van der Waals surface area contributed by atoms with Crippen LogP contribution in [-0.2, 0) is 0 Å². The quantitative estimate of drug-likeness (QED) is 0.539. The zero-order valence-electron chi connectivity index (χ0n) is 5.03. The molecule has 3 nitrogen and oxygen atoms in total. The molecule has 0 bridgehead atoms. The summed E-state index contributed by atoms with van der Waals surface area (Å²) in [4.78, 5) is 7.47. The normalized spacial score (nSPS) is 10.5. The highest BCUT2D eigenvalue weighted by molar-refractivity contribution is 5.37. The molecule has 0 amide bonds. The van der Waals surface area contributed by atoms with Gasteiger partial charge >= 0.3 is 0 Å². The van der Waals surface area contributed by atoms with Crippen LogP contribution in [0.5, 0.6) is 0 Å². The molecule has 0 radical (unpaired) electrons. The average Bonchev–Trinajstić information content (AvgIpc) is 2.34. The lowest BCUT2D eigenvalue weighted by Gasteiger charge is -1.89. The summed E-state index contributed by atoms with van der Waals surface area (Å²) < 4.78 is 13.9. The summed E-state index contributed by atoms with van der Waals surface area (Å²) in [6.45, 7) is 0. The number of hydrogen-bond donors (Lipinski definition) is 0. The van der Waals surface area contributed by atoms with Crippen molar-refractivity contribution < 1.29 is 4.39 Å². The third kappa shape index (κ3) is 0.586. The van der Waals surface area contributed by atoms with Crippen molar-refractivity contribution in [2.75, 3.05) is 0 Å². The third-order valence-electron chi connectivity index (χ3n) is 1.29. The lowest BCUT2D eigenvalue weighted by atomic mass is 10.6. The van der Waals surface area contributed by atoms with Crippen molar-refractivity contribution in [3.63, 3.8) is 0 Å². The highest BCUT2D eigenvalue weighted by Crippen LogP contribution is 2.02. The molecule has 2 heterocycles. The molecule has 0 atom stereocenters. The predicted molar refractivity (Wildman–Crippen MR) is 32.9 cm³/mol. The van der Waals surface area contributed by atoms with Crippen molar-refractivity contribution in [1.29, 1.82) is 0 Å². The highest BCUT2D eigenvalue weighted by atomic mass is 19.1. The number of nitrogens with zero attached hydrogens (tertiary/aromatic N) is 3. The topological polar surface area (TPSA) is 30.2 Å². The van der Waals surface area contributed by atoms with Gasteiger partial charge in [-0.25, -0.2) is 9.97 Å². The standard InChI is InChI=1S/C6H4FN3/c7-5-1-2-6-9-3-8-4-10(5)6/h1-4H. The van der Waals surface area contributed by atoms with E-state index in [2.05, 4.69) is 9.97 Å². The summed E-state index contributed by atoms with van der Waals surface area (Å²) in [5, 5.41) is 0. The summed E-state index contributed by atoms with van der Waals surface area (Å²) in [6, 6.07) is 2.95. The minimum atomic E-state index is -0.337. The second kappa shape index (κ2) is 1.76. The molecule has 2 aromatic heterocycles. The van der Waals surface area contributed by atoms with Gasteiger partial charge in [0.05, 0.1) is 0 Å². The van der Waals surface area contributed by atoms with E-state index in [-0.39, 0.29) is 5.95 Å². The smallest absolute Gasteiger partial charge is 0.200 e. The number of rotatable bonds is 0. The van der Waals surface area contributed by atoms with Gasteiger partial charge in [-0.3, -0.25) is 4.40 Å². The van der Waals surface area contributed by atoms with Crippen LogP contribution in [0.4, 0.5) is 4.39 Å². The van der Waals surface area contributed by atoms with E-state index in [4.69, 9.17) is 0 Å². The molecule has 0 aromatic carbocycles. The maximum Gasteiger partial charge on any atom is 0.200 e. The van der Waals surface area contributed by atoms with Gasteiger partial charge in [0.25, 0.3) is 0 Å². The molecule has 4 heteroatoms. The molecule has 0 spiro atoms. The summed E-state index contributed by atoms with van der Waals surface area (Å²) in [7, 11) is 0. The SMILES string of the molecule is Fc1ccc2ncncn12. The Labute approximate surface area is 56.2 Å². The minimum Gasteiger partial charge on any atom is -0.260 e. The van der Waals surface area contributed by atoms with Crippen molar-refractivity contribution in [2.45, 2.75) is 0 Å². The van der Waals surface area contributed by atoms with Crippen molar-refractivity contribution >= 4 is 5.65 Å². The first kappa shape index (κ1) is 5.34.